The fourth-order valence-electron chi connectivity index (χ4n) is 2.60. The molecule has 28 heavy (non-hydrogen) atoms. The van der Waals surface area contributed by atoms with Crippen LogP contribution >= 0.6 is 0 Å². The van der Waals surface area contributed by atoms with Gasteiger partial charge < -0.3 is 18.6 Å². The Bertz CT molecular complexity index is 961. The third-order valence-corrected chi connectivity index (χ3v) is 4.02. The molecule has 0 bridgehead atoms. The number of benzene rings is 1. The zero-order chi connectivity index (χ0) is 20.7. The van der Waals surface area contributed by atoms with Crippen LogP contribution in [0.2, 0.25) is 0 Å². The van der Waals surface area contributed by atoms with E-state index in [1.165, 1.54) is 25.2 Å². The molecule has 0 amide bonds. The monoisotopic (exact) mass is 386 g/mol. The molecule has 0 aliphatic carbocycles. The van der Waals surface area contributed by atoms with Crippen LogP contribution in [0.3, 0.4) is 0 Å². The summed E-state index contributed by atoms with van der Waals surface area (Å²) in [6, 6.07) is 5.00. The first kappa shape index (κ1) is 21.3. The van der Waals surface area contributed by atoms with Crippen molar-refractivity contribution in [1.29, 1.82) is 0 Å². The lowest BCUT2D eigenvalue weighted by molar-refractivity contribution is -0.132. The Hall–Kier alpha value is -3.02. The van der Waals surface area contributed by atoms with Gasteiger partial charge in [-0.1, -0.05) is 17.2 Å². The van der Waals surface area contributed by atoms with Crippen LogP contribution in [0.25, 0.3) is 11.0 Å². The van der Waals surface area contributed by atoms with Gasteiger partial charge in [-0.3, -0.25) is 4.79 Å². The summed E-state index contributed by atoms with van der Waals surface area (Å²) in [5, 5.41) is 0.521. The van der Waals surface area contributed by atoms with Crippen LogP contribution in [0, 0.1) is 0 Å². The number of carbonyl (C=O) groups is 1. The van der Waals surface area contributed by atoms with Crippen molar-refractivity contribution in [3.63, 3.8) is 0 Å². The van der Waals surface area contributed by atoms with E-state index in [0.29, 0.717) is 16.7 Å². The molecule has 0 N–H and O–H groups in total. The van der Waals surface area contributed by atoms with E-state index in [2.05, 4.69) is 19.9 Å². The van der Waals surface area contributed by atoms with E-state index in [9.17, 15) is 9.59 Å². The zero-order valence-corrected chi connectivity index (χ0v) is 17.0. The molecular formula is C22H26O6. The van der Waals surface area contributed by atoms with Crippen LogP contribution in [0.1, 0.15) is 40.5 Å². The van der Waals surface area contributed by atoms with Crippen molar-refractivity contribution in [1.82, 2.24) is 0 Å². The maximum atomic E-state index is 12.3. The summed E-state index contributed by atoms with van der Waals surface area (Å²) in [5.41, 5.74) is 1.96. The molecule has 1 aromatic carbocycles. The first-order valence-corrected chi connectivity index (χ1v) is 9.07. The third-order valence-electron chi connectivity index (χ3n) is 4.02. The Labute approximate surface area is 164 Å². The third kappa shape index (κ3) is 5.74. The molecular weight excluding hydrogens is 360 g/mol. The minimum absolute atomic E-state index is 0.178. The number of allylic oxidation sites excluding steroid dienone is 3. The van der Waals surface area contributed by atoms with Crippen molar-refractivity contribution in [2.45, 2.75) is 40.5 Å². The molecule has 150 valence electrons. The summed E-state index contributed by atoms with van der Waals surface area (Å²) in [7, 11) is 1.52. The van der Waals surface area contributed by atoms with Gasteiger partial charge in [0.05, 0.1) is 12.5 Å². The van der Waals surface area contributed by atoms with Crippen LogP contribution in [0.15, 0.2) is 50.7 Å². The SMILES string of the molecule is COc1ccc2c(OC/C=C(\C)CCC=C(C)C)c(OC(C)=O)c(=O)oc2c1. The molecule has 2 rings (SSSR count). The van der Waals surface area contributed by atoms with Crippen LogP contribution in [0.4, 0.5) is 0 Å². The van der Waals surface area contributed by atoms with E-state index in [0.717, 1.165) is 12.8 Å². The number of hydrogen-bond acceptors (Lipinski definition) is 6. The highest BCUT2D eigenvalue weighted by Gasteiger charge is 2.19. The highest BCUT2D eigenvalue weighted by molar-refractivity contribution is 5.87. The molecule has 0 unspecified atom stereocenters. The summed E-state index contributed by atoms with van der Waals surface area (Å²) < 4.78 is 21.3. The smallest absolute Gasteiger partial charge is 0.383 e. The van der Waals surface area contributed by atoms with E-state index in [-0.39, 0.29) is 18.1 Å². The van der Waals surface area contributed by atoms with E-state index in [4.69, 9.17) is 18.6 Å². The fourth-order valence-corrected chi connectivity index (χ4v) is 2.60. The maximum Gasteiger partial charge on any atom is 0.383 e. The molecule has 6 heteroatoms. The number of methoxy groups -OCH3 is 1. The second-order valence-corrected chi connectivity index (χ2v) is 6.69. The molecule has 0 saturated heterocycles. The largest absolute Gasteiger partial charge is 0.497 e. The van der Waals surface area contributed by atoms with Gasteiger partial charge in [-0.2, -0.15) is 0 Å². The fraction of sp³-hybridized carbons (Fsp3) is 0.364. The highest BCUT2D eigenvalue weighted by Crippen LogP contribution is 2.34. The molecule has 0 aliphatic heterocycles. The summed E-state index contributed by atoms with van der Waals surface area (Å²) >= 11 is 0. The summed E-state index contributed by atoms with van der Waals surface area (Å²) in [6.45, 7) is 7.62. The predicted molar refractivity (Wildman–Crippen MR) is 108 cm³/mol. The Kier molecular flexibility index (Phi) is 7.44. The molecule has 0 fully saturated rings. The topological polar surface area (TPSA) is 75.0 Å². The van der Waals surface area contributed by atoms with E-state index in [1.54, 1.807) is 18.2 Å². The first-order valence-electron chi connectivity index (χ1n) is 9.07. The van der Waals surface area contributed by atoms with Gasteiger partial charge >= 0.3 is 11.6 Å². The van der Waals surface area contributed by atoms with Crippen molar-refractivity contribution >= 4 is 16.9 Å². The Morgan fingerprint density at radius 2 is 1.86 bits per heavy atom. The second kappa shape index (κ2) is 9.78. The molecule has 1 aromatic heterocycles. The van der Waals surface area contributed by atoms with E-state index >= 15 is 0 Å². The lowest BCUT2D eigenvalue weighted by Gasteiger charge is -2.12. The number of ether oxygens (including phenoxy) is 3. The van der Waals surface area contributed by atoms with Crippen LogP contribution in [0.5, 0.6) is 17.2 Å². The molecule has 1 heterocycles. The number of fused-ring (bicyclic) bond motifs is 1. The molecule has 6 nitrogen and oxygen atoms in total. The minimum atomic E-state index is -0.782. The van der Waals surface area contributed by atoms with Gasteiger partial charge in [0.1, 0.15) is 17.9 Å². The van der Waals surface area contributed by atoms with Crippen molar-refractivity contribution in [3.05, 3.63) is 51.9 Å². The van der Waals surface area contributed by atoms with E-state index in [1.807, 2.05) is 13.0 Å². The van der Waals surface area contributed by atoms with Gasteiger partial charge in [-0.05, 0) is 51.8 Å². The Morgan fingerprint density at radius 1 is 1.11 bits per heavy atom. The average molecular weight is 386 g/mol. The van der Waals surface area contributed by atoms with Gasteiger partial charge in [-0.15, -0.1) is 0 Å². The lowest BCUT2D eigenvalue weighted by Crippen LogP contribution is -2.13. The maximum absolute atomic E-state index is 12.3. The number of esters is 1. The van der Waals surface area contributed by atoms with Crippen molar-refractivity contribution < 1.29 is 23.4 Å². The minimum Gasteiger partial charge on any atom is -0.497 e. The van der Waals surface area contributed by atoms with Crippen LogP contribution < -0.4 is 19.8 Å². The van der Waals surface area contributed by atoms with Gasteiger partial charge in [0.2, 0.25) is 0 Å². The van der Waals surface area contributed by atoms with Gasteiger partial charge in [0.15, 0.2) is 5.75 Å². The molecule has 0 saturated carbocycles. The summed E-state index contributed by atoms with van der Waals surface area (Å²) in [4.78, 5) is 23.7. The molecule has 0 radical (unpaired) electrons. The molecule has 0 atom stereocenters. The number of hydrogen-bond donors (Lipinski definition) is 0. The normalized spacial score (nSPS) is 11.2. The summed E-state index contributed by atoms with van der Waals surface area (Å²) in [5.74, 6) is -0.159. The standard InChI is InChI=1S/C22H26O6/c1-14(2)7-6-8-15(3)11-12-26-20-18-10-9-17(25-5)13-19(18)28-22(24)21(20)27-16(4)23/h7,9-11,13H,6,8,12H2,1-5H3/b15-11+. The van der Waals surface area contributed by atoms with Gasteiger partial charge in [-0.25, -0.2) is 4.79 Å². The number of rotatable bonds is 8. The highest BCUT2D eigenvalue weighted by atomic mass is 16.6. The van der Waals surface area contributed by atoms with E-state index < -0.39 is 11.6 Å². The van der Waals surface area contributed by atoms with Gasteiger partial charge in [0, 0.05) is 13.0 Å². The molecule has 0 spiro atoms. The predicted octanol–water partition coefficient (Wildman–Crippen LogP) is 4.80. The second-order valence-electron chi connectivity index (χ2n) is 6.69. The van der Waals surface area contributed by atoms with Gasteiger partial charge in [0.25, 0.3) is 5.75 Å². The van der Waals surface area contributed by atoms with Crippen LogP contribution in [-0.2, 0) is 4.79 Å². The number of carbonyl (C=O) groups excluding carboxylic acids is 1. The van der Waals surface area contributed by atoms with Crippen molar-refractivity contribution in [3.8, 4) is 17.2 Å². The summed E-state index contributed by atoms with van der Waals surface area (Å²) in [6.07, 6.45) is 6.00. The lowest BCUT2D eigenvalue weighted by atomic mass is 10.1. The Morgan fingerprint density at radius 3 is 2.50 bits per heavy atom. The average Bonchev–Trinajstić information content (AvgIpc) is 2.63. The van der Waals surface area contributed by atoms with Crippen LogP contribution in [-0.4, -0.2) is 19.7 Å². The quantitative estimate of drug-likeness (QED) is 0.369. The zero-order valence-electron chi connectivity index (χ0n) is 17.0. The van der Waals surface area contributed by atoms with Crippen molar-refractivity contribution in [2.75, 3.05) is 13.7 Å². The first-order chi connectivity index (χ1) is 13.3. The van der Waals surface area contributed by atoms with Crippen molar-refractivity contribution in [2.24, 2.45) is 0 Å². The molecule has 2 aromatic rings. The molecule has 0 aliphatic rings. The Balaban J connectivity index is 2.33.